The maximum atomic E-state index is 11.7. The zero-order valence-electron chi connectivity index (χ0n) is 15.7. The number of nitrogen functional groups attached to an aromatic ring is 1. The highest BCUT2D eigenvalue weighted by molar-refractivity contribution is 8.00. The van der Waals surface area contributed by atoms with Gasteiger partial charge in [0.15, 0.2) is 6.61 Å². The van der Waals surface area contributed by atoms with Crippen molar-refractivity contribution >= 4 is 46.2 Å². The van der Waals surface area contributed by atoms with Gasteiger partial charge in [0.1, 0.15) is 16.6 Å². The summed E-state index contributed by atoms with van der Waals surface area (Å²) in [7, 11) is 0. The third kappa shape index (κ3) is 5.36. The summed E-state index contributed by atoms with van der Waals surface area (Å²) in [6.45, 7) is 0.755. The van der Waals surface area contributed by atoms with Crippen LogP contribution in [0, 0.1) is 5.41 Å². The molecule has 152 valence electrons. The molecule has 0 radical (unpaired) electrons. The number of nitrogens with two attached hydrogens (primary N) is 2. The van der Waals surface area contributed by atoms with Gasteiger partial charge >= 0.3 is 0 Å². The van der Waals surface area contributed by atoms with E-state index in [2.05, 4.69) is 5.32 Å². The van der Waals surface area contributed by atoms with Gasteiger partial charge in [0.05, 0.1) is 14.8 Å². The lowest BCUT2D eigenvalue weighted by Gasteiger charge is -2.07. The Hall–Kier alpha value is -2.40. The first-order valence-electron chi connectivity index (χ1n) is 8.70. The van der Waals surface area contributed by atoms with Crippen molar-refractivity contribution in [2.45, 2.75) is 4.21 Å². The summed E-state index contributed by atoms with van der Waals surface area (Å²) in [6.07, 6.45) is 2.00. The summed E-state index contributed by atoms with van der Waals surface area (Å²) >= 11 is 4.66. The maximum absolute atomic E-state index is 11.7. The fourth-order valence-corrected chi connectivity index (χ4v) is 5.20. The van der Waals surface area contributed by atoms with Crippen LogP contribution in [0.5, 0.6) is 5.75 Å². The summed E-state index contributed by atoms with van der Waals surface area (Å²) in [5.41, 5.74) is 13.7. The summed E-state index contributed by atoms with van der Waals surface area (Å²) in [5.74, 6) is 0.452. The van der Waals surface area contributed by atoms with Gasteiger partial charge in [0.25, 0.3) is 5.91 Å². The molecular formula is C19H21N5O2S3. The molecule has 0 fully saturated rings. The summed E-state index contributed by atoms with van der Waals surface area (Å²) in [5, 5.41) is 13.2. The zero-order chi connectivity index (χ0) is 20.8. The van der Waals surface area contributed by atoms with E-state index >= 15 is 0 Å². The molecule has 0 spiro atoms. The fourth-order valence-electron chi connectivity index (χ4n) is 2.49. The molecular weight excluding hydrogens is 426 g/mol. The minimum absolute atomic E-state index is 0.0636. The lowest BCUT2D eigenvalue weighted by Crippen LogP contribution is -2.32. The van der Waals surface area contributed by atoms with E-state index in [-0.39, 0.29) is 18.3 Å². The Labute approximate surface area is 181 Å². The monoisotopic (exact) mass is 447 g/mol. The van der Waals surface area contributed by atoms with Crippen LogP contribution in [0.4, 0.5) is 0 Å². The second-order valence-electron chi connectivity index (χ2n) is 5.92. The van der Waals surface area contributed by atoms with E-state index in [9.17, 15) is 4.79 Å². The first-order valence-corrected chi connectivity index (χ1v) is 11.6. The highest BCUT2D eigenvalue weighted by Crippen LogP contribution is 2.40. The molecule has 1 aromatic carbocycles. The molecule has 0 bridgehead atoms. The quantitative estimate of drug-likeness (QED) is 0.227. The number of nitrogens with zero attached hydrogens (tertiary/aromatic N) is 1. The van der Waals surface area contributed by atoms with Crippen LogP contribution in [0.25, 0.3) is 21.8 Å². The van der Waals surface area contributed by atoms with Crippen LogP contribution in [-0.2, 0) is 4.79 Å². The molecule has 2 heterocycles. The smallest absolute Gasteiger partial charge is 0.257 e. The molecule has 3 rings (SSSR count). The highest BCUT2D eigenvalue weighted by atomic mass is 32.2. The third-order valence-electron chi connectivity index (χ3n) is 3.85. The summed E-state index contributed by atoms with van der Waals surface area (Å²) < 4.78 is 6.65. The largest absolute Gasteiger partial charge is 0.484 e. The third-order valence-corrected chi connectivity index (χ3v) is 7.03. The normalized spacial score (nSPS) is 10.7. The molecule has 1 amide bonds. The molecule has 10 heteroatoms. The Bertz CT molecular complexity index is 1010. The lowest BCUT2D eigenvalue weighted by atomic mass is 10.1. The van der Waals surface area contributed by atoms with Crippen molar-refractivity contribution in [3.63, 3.8) is 0 Å². The molecule has 0 aliphatic carbocycles. The molecule has 2 aromatic heterocycles. The van der Waals surface area contributed by atoms with Gasteiger partial charge in [-0.15, -0.1) is 34.4 Å². The molecule has 0 atom stereocenters. The molecule has 29 heavy (non-hydrogen) atoms. The number of amides is 1. The van der Waals surface area contributed by atoms with Gasteiger partial charge in [-0.1, -0.05) is 12.1 Å². The van der Waals surface area contributed by atoms with Crippen molar-refractivity contribution in [1.82, 2.24) is 10.3 Å². The number of ether oxygens (including phenoxy) is 1. The Kier molecular flexibility index (Phi) is 7.26. The number of aromatic nitrogens is 1. The number of nitrogens with one attached hydrogen (secondary N) is 2. The average Bonchev–Trinajstić information content (AvgIpc) is 3.37. The van der Waals surface area contributed by atoms with Gasteiger partial charge < -0.3 is 21.5 Å². The number of thiazole rings is 1. The predicted molar refractivity (Wildman–Crippen MR) is 121 cm³/mol. The number of amidine groups is 1. The van der Waals surface area contributed by atoms with E-state index in [1.165, 1.54) is 22.7 Å². The second kappa shape index (κ2) is 9.88. The molecule has 6 N–H and O–H groups in total. The van der Waals surface area contributed by atoms with Crippen LogP contribution in [-0.4, -0.2) is 42.7 Å². The van der Waals surface area contributed by atoms with Crippen LogP contribution in [0.3, 0.4) is 0 Å². The maximum Gasteiger partial charge on any atom is 0.257 e. The molecule has 0 aliphatic rings. The van der Waals surface area contributed by atoms with E-state index in [1.807, 2.05) is 35.9 Å². The number of rotatable bonds is 9. The Morgan fingerprint density at radius 1 is 1.38 bits per heavy atom. The zero-order valence-corrected chi connectivity index (χ0v) is 18.2. The van der Waals surface area contributed by atoms with Crippen molar-refractivity contribution in [3.05, 3.63) is 40.6 Å². The van der Waals surface area contributed by atoms with E-state index in [0.717, 1.165) is 30.9 Å². The number of benzene rings is 1. The number of thioether (sulfide) groups is 1. The Balaban J connectivity index is 1.77. The van der Waals surface area contributed by atoms with E-state index in [4.69, 9.17) is 26.6 Å². The molecule has 0 saturated heterocycles. The predicted octanol–water partition coefficient (Wildman–Crippen LogP) is 3.00. The standard InChI is InChI=1S/C19H21N5O2S3/c1-27-19-13(8-15(29-19)17(21)22)18-24-14(10-28-18)11-3-2-4-12(7-11)26-9-16(25)23-6-5-20/h2-4,7-8,10H,5-6,9,20H2,1H3,(H3,21,22)(H,23,25). The molecule has 0 saturated carbocycles. The SMILES string of the molecule is CSc1sc(C(=N)N)cc1-c1nc(-c2cccc(OCC(=O)NCCN)c2)cs1. The van der Waals surface area contributed by atoms with Crippen molar-refractivity contribution in [1.29, 1.82) is 5.41 Å². The average molecular weight is 448 g/mol. The summed E-state index contributed by atoms with van der Waals surface area (Å²) in [6, 6.07) is 9.40. The van der Waals surface area contributed by atoms with Crippen molar-refractivity contribution < 1.29 is 9.53 Å². The topological polar surface area (TPSA) is 127 Å². The van der Waals surface area contributed by atoms with Gasteiger partial charge in [-0.2, -0.15) is 0 Å². The van der Waals surface area contributed by atoms with E-state index in [0.29, 0.717) is 18.8 Å². The fraction of sp³-hybridized carbons (Fsp3) is 0.211. The van der Waals surface area contributed by atoms with Gasteiger partial charge in [0.2, 0.25) is 0 Å². The van der Waals surface area contributed by atoms with Gasteiger partial charge in [0, 0.05) is 29.6 Å². The number of carbonyl (C=O) groups is 1. The first-order chi connectivity index (χ1) is 14.0. The summed E-state index contributed by atoms with van der Waals surface area (Å²) in [4.78, 5) is 17.2. The van der Waals surface area contributed by atoms with Gasteiger partial charge in [-0.25, -0.2) is 4.98 Å². The number of hydrogen-bond donors (Lipinski definition) is 4. The first kappa shape index (κ1) is 21.3. The molecule has 0 unspecified atom stereocenters. The minimum Gasteiger partial charge on any atom is -0.484 e. The Morgan fingerprint density at radius 3 is 2.93 bits per heavy atom. The Morgan fingerprint density at radius 2 is 2.21 bits per heavy atom. The lowest BCUT2D eigenvalue weighted by molar-refractivity contribution is -0.123. The van der Waals surface area contributed by atoms with Crippen molar-refractivity contribution in [2.24, 2.45) is 11.5 Å². The van der Waals surface area contributed by atoms with Crippen LogP contribution in [0.15, 0.2) is 39.9 Å². The van der Waals surface area contributed by atoms with Crippen molar-refractivity contribution in [2.75, 3.05) is 26.0 Å². The van der Waals surface area contributed by atoms with Gasteiger partial charge in [-0.3, -0.25) is 10.2 Å². The highest BCUT2D eigenvalue weighted by Gasteiger charge is 2.16. The number of thiophene rings is 1. The molecule has 7 nitrogen and oxygen atoms in total. The number of hydrogen-bond acceptors (Lipinski definition) is 8. The second-order valence-corrected chi connectivity index (χ2v) is 8.91. The minimum atomic E-state index is -0.208. The van der Waals surface area contributed by atoms with E-state index < -0.39 is 0 Å². The van der Waals surface area contributed by atoms with Crippen LogP contribution >= 0.6 is 34.4 Å². The van der Waals surface area contributed by atoms with Crippen LogP contribution < -0.4 is 21.5 Å². The van der Waals surface area contributed by atoms with Crippen LogP contribution in [0.1, 0.15) is 4.88 Å². The molecule has 0 aliphatic heterocycles. The number of carbonyl (C=O) groups excluding carboxylic acids is 1. The van der Waals surface area contributed by atoms with Gasteiger partial charge in [-0.05, 0) is 24.5 Å². The van der Waals surface area contributed by atoms with E-state index in [1.54, 1.807) is 17.8 Å². The van der Waals surface area contributed by atoms with Crippen molar-refractivity contribution in [3.8, 4) is 27.6 Å². The van der Waals surface area contributed by atoms with Crippen LogP contribution in [0.2, 0.25) is 0 Å². The molecule has 3 aromatic rings.